The van der Waals surface area contributed by atoms with Gasteiger partial charge in [-0.15, -0.1) is 0 Å². The Balaban J connectivity index is 1.69. The van der Waals surface area contributed by atoms with Gasteiger partial charge in [-0.3, -0.25) is 4.79 Å². The van der Waals surface area contributed by atoms with Crippen LogP contribution >= 0.6 is 0 Å². The standard InChI is InChI=1S/C26H42N8O2/c1-32-11-6-12-34(16-15-32)26-30-22-17-21(25(35)28-10-5-4-9-27)23(36-3)18-20(22)24(31-26)29-19-7-13-33(2)14-8-19/h17-19H,4-16,27H2,1-3H3,(H,28,35)(H,29,30,31). The van der Waals surface area contributed by atoms with Gasteiger partial charge in [-0.05, 0) is 84.5 Å². The number of likely N-dealkylation sites (N-methyl/N-ethyl adjacent to an activating group) is 1. The monoisotopic (exact) mass is 498 g/mol. The van der Waals surface area contributed by atoms with Gasteiger partial charge in [0.25, 0.3) is 5.91 Å². The predicted molar refractivity (Wildman–Crippen MR) is 145 cm³/mol. The fraction of sp³-hybridized carbons (Fsp3) is 0.654. The molecule has 0 radical (unpaired) electrons. The number of likely N-dealkylation sites (tertiary alicyclic amines) is 1. The van der Waals surface area contributed by atoms with E-state index in [9.17, 15) is 4.79 Å². The first kappa shape index (κ1) is 26.4. The van der Waals surface area contributed by atoms with Gasteiger partial charge in [-0.1, -0.05) is 0 Å². The van der Waals surface area contributed by atoms with Crippen LogP contribution < -0.4 is 26.0 Å². The molecule has 2 saturated heterocycles. The lowest BCUT2D eigenvalue weighted by molar-refractivity contribution is 0.0950. The van der Waals surface area contributed by atoms with Gasteiger partial charge in [0.1, 0.15) is 11.6 Å². The number of aromatic nitrogens is 2. The summed E-state index contributed by atoms with van der Waals surface area (Å²) in [7, 11) is 5.92. The minimum Gasteiger partial charge on any atom is -0.496 e. The number of nitrogens with two attached hydrogens (primary N) is 1. The van der Waals surface area contributed by atoms with Crippen molar-refractivity contribution < 1.29 is 9.53 Å². The smallest absolute Gasteiger partial charge is 0.255 e. The zero-order valence-electron chi connectivity index (χ0n) is 22.1. The van der Waals surface area contributed by atoms with E-state index in [0.717, 1.165) is 88.1 Å². The molecule has 36 heavy (non-hydrogen) atoms. The summed E-state index contributed by atoms with van der Waals surface area (Å²) in [5.41, 5.74) is 6.82. The molecule has 0 aliphatic carbocycles. The Labute approximate surface area is 214 Å². The lowest BCUT2D eigenvalue weighted by Crippen LogP contribution is -2.37. The molecule has 1 aromatic heterocycles. The SMILES string of the molecule is COc1cc2c(NC3CCN(C)CC3)nc(N3CCCN(C)CC3)nc2cc1C(=O)NCCCCN. The zero-order chi connectivity index (χ0) is 25.5. The van der Waals surface area contributed by atoms with Crippen molar-refractivity contribution in [3.8, 4) is 5.75 Å². The highest BCUT2D eigenvalue weighted by Crippen LogP contribution is 2.32. The number of ether oxygens (including phenoxy) is 1. The molecule has 2 fully saturated rings. The number of nitrogens with one attached hydrogen (secondary N) is 2. The first-order chi connectivity index (χ1) is 17.5. The molecule has 1 aromatic carbocycles. The Hall–Kier alpha value is -2.69. The van der Waals surface area contributed by atoms with Crippen LogP contribution in [0, 0.1) is 0 Å². The fourth-order valence-electron chi connectivity index (χ4n) is 4.90. The maximum Gasteiger partial charge on any atom is 0.255 e. The molecule has 10 heteroatoms. The van der Waals surface area contributed by atoms with Crippen molar-refractivity contribution >= 4 is 28.6 Å². The molecule has 2 aliphatic heterocycles. The second kappa shape index (κ2) is 12.5. The number of unbranched alkanes of at least 4 members (excludes halogenated alkanes) is 1. The number of benzene rings is 1. The molecule has 1 amide bonds. The van der Waals surface area contributed by atoms with Crippen LogP contribution in [-0.4, -0.2) is 105 Å². The van der Waals surface area contributed by atoms with Crippen molar-refractivity contribution in [3.63, 3.8) is 0 Å². The Morgan fingerprint density at radius 2 is 1.83 bits per heavy atom. The molecule has 0 bridgehead atoms. The minimum absolute atomic E-state index is 0.160. The third-order valence-electron chi connectivity index (χ3n) is 7.23. The summed E-state index contributed by atoms with van der Waals surface area (Å²) in [6.45, 7) is 7.14. The largest absolute Gasteiger partial charge is 0.496 e. The van der Waals surface area contributed by atoms with E-state index in [-0.39, 0.29) is 5.91 Å². The van der Waals surface area contributed by atoms with Crippen LogP contribution in [0.5, 0.6) is 5.75 Å². The summed E-state index contributed by atoms with van der Waals surface area (Å²) in [4.78, 5) is 30.0. The van der Waals surface area contributed by atoms with Crippen LogP contribution in [0.1, 0.15) is 42.5 Å². The van der Waals surface area contributed by atoms with Crippen molar-refractivity contribution in [2.75, 3.05) is 83.8 Å². The van der Waals surface area contributed by atoms with Crippen LogP contribution in [0.3, 0.4) is 0 Å². The molecule has 0 spiro atoms. The second-order valence-electron chi connectivity index (χ2n) is 10.1. The van der Waals surface area contributed by atoms with Crippen molar-refractivity contribution in [1.82, 2.24) is 25.1 Å². The highest BCUT2D eigenvalue weighted by Gasteiger charge is 2.23. The third-order valence-corrected chi connectivity index (χ3v) is 7.23. The molecule has 3 heterocycles. The number of carbonyl (C=O) groups excluding carboxylic acids is 1. The van der Waals surface area contributed by atoms with Crippen LogP contribution in [-0.2, 0) is 0 Å². The van der Waals surface area contributed by atoms with Gasteiger partial charge in [-0.25, -0.2) is 4.98 Å². The molecular weight excluding hydrogens is 456 g/mol. The van der Waals surface area contributed by atoms with Gasteiger partial charge in [0.2, 0.25) is 5.95 Å². The highest BCUT2D eigenvalue weighted by molar-refractivity contribution is 6.03. The summed E-state index contributed by atoms with van der Waals surface area (Å²) in [6, 6.07) is 4.10. The van der Waals surface area contributed by atoms with Crippen molar-refractivity contribution in [1.29, 1.82) is 0 Å². The molecule has 2 aromatic rings. The maximum atomic E-state index is 13.0. The van der Waals surface area contributed by atoms with E-state index in [1.54, 1.807) is 7.11 Å². The van der Waals surface area contributed by atoms with Crippen LogP contribution in [0.25, 0.3) is 10.9 Å². The lowest BCUT2D eigenvalue weighted by Gasteiger charge is -2.30. The summed E-state index contributed by atoms with van der Waals surface area (Å²) in [6.07, 6.45) is 4.91. The molecule has 4 rings (SSSR count). The van der Waals surface area contributed by atoms with Gasteiger partial charge in [-0.2, -0.15) is 4.98 Å². The van der Waals surface area contributed by atoms with E-state index in [2.05, 4.69) is 39.4 Å². The topological polar surface area (TPSA) is 112 Å². The maximum absolute atomic E-state index is 13.0. The van der Waals surface area contributed by atoms with Gasteiger partial charge in [0.05, 0.1) is 18.2 Å². The number of piperidine rings is 1. The number of amides is 1. The van der Waals surface area contributed by atoms with Gasteiger partial charge >= 0.3 is 0 Å². The summed E-state index contributed by atoms with van der Waals surface area (Å²) < 4.78 is 5.65. The van der Waals surface area contributed by atoms with Crippen molar-refractivity contribution in [2.45, 2.75) is 38.1 Å². The van der Waals surface area contributed by atoms with Crippen LogP contribution in [0.2, 0.25) is 0 Å². The Morgan fingerprint density at radius 1 is 1.06 bits per heavy atom. The number of rotatable bonds is 9. The number of methoxy groups -OCH3 is 1. The zero-order valence-corrected chi connectivity index (χ0v) is 22.1. The molecule has 4 N–H and O–H groups in total. The van der Waals surface area contributed by atoms with Gasteiger partial charge < -0.3 is 35.8 Å². The molecule has 0 atom stereocenters. The molecule has 10 nitrogen and oxygen atoms in total. The van der Waals surface area contributed by atoms with Gasteiger partial charge in [0.15, 0.2) is 0 Å². The predicted octanol–water partition coefficient (Wildman–Crippen LogP) is 1.76. The van der Waals surface area contributed by atoms with E-state index in [0.29, 0.717) is 36.4 Å². The Morgan fingerprint density at radius 3 is 2.58 bits per heavy atom. The van der Waals surface area contributed by atoms with Crippen molar-refractivity contribution in [3.05, 3.63) is 17.7 Å². The second-order valence-corrected chi connectivity index (χ2v) is 10.1. The molecule has 198 valence electrons. The fourth-order valence-corrected chi connectivity index (χ4v) is 4.90. The number of carbonyl (C=O) groups is 1. The molecular formula is C26H42N8O2. The minimum atomic E-state index is -0.160. The van der Waals surface area contributed by atoms with E-state index >= 15 is 0 Å². The molecule has 2 aliphatic rings. The van der Waals surface area contributed by atoms with Crippen LogP contribution in [0.4, 0.5) is 11.8 Å². The van der Waals surface area contributed by atoms with Crippen molar-refractivity contribution in [2.24, 2.45) is 5.73 Å². The first-order valence-corrected chi connectivity index (χ1v) is 13.2. The van der Waals surface area contributed by atoms with E-state index in [1.165, 1.54) is 0 Å². The summed E-state index contributed by atoms with van der Waals surface area (Å²) >= 11 is 0. The van der Waals surface area contributed by atoms with Crippen LogP contribution in [0.15, 0.2) is 12.1 Å². The molecule has 0 unspecified atom stereocenters. The number of fused-ring (bicyclic) bond motifs is 1. The number of hydrogen-bond acceptors (Lipinski definition) is 9. The highest BCUT2D eigenvalue weighted by atomic mass is 16.5. The number of nitrogens with zero attached hydrogens (tertiary/aromatic N) is 5. The van der Waals surface area contributed by atoms with E-state index < -0.39 is 0 Å². The average Bonchev–Trinajstić information content (AvgIpc) is 3.11. The number of hydrogen-bond donors (Lipinski definition) is 3. The lowest BCUT2D eigenvalue weighted by atomic mass is 10.0. The van der Waals surface area contributed by atoms with Gasteiger partial charge in [0, 0.05) is 37.6 Å². The van der Waals surface area contributed by atoms with E-state index in [4.69, 9.17) is 20.4 Å². The Kier molecular flexibility index (Phi) is 9.17. The summed E-state index contributed by atoms with van der Waals surface area (Å²) in [5.74, 6) is 1.90. The van der Waals surface area contributed by atoms with E-state index in [1.807, 2.05) is 12.1 Å². The summed E-state index contributed by atoms with van der Waals surface area (Å²) in [5, 5.41) is 7.58. The first-order valence-electron chi connectivity index (χ1n) is 13.2. The normalized spacial score (nSPS) is 18.3. The molecule has 0 saturated carbocycles. The average molecular weight is 499 g/mol. The number of anilines is 2. The third kappa shape index (κ3) is 6.54. The Bertz CT molecular complexity index is 1020. The quantitative estimate of drug-likeness (QED) is 0.445.